The molecule has 0 radical (unpaired) electrons. The summed E-state index contributed by atoms with van der Waals surface area (Å²) in [7, 11) is 0. The molecule has 4 aliphatic rings. The summed E-state index contributed by atoms with van der Waals surface area (Å²) in [6.07, 6.45) is 3.00. The minimum Gasteiger partial charge on any atom is -0.374 e. The lowest BCUT2D eigenvalue weighted by Gasteiger charge is -2.46. The molecule has 5 unspecified atom stereocenters. The monoisotopic (exact) mass is 791 g/mol. The van der Waals surface area contributed by atoms with Crippen molar-refractivity contribution < 1.29 is 37.9 Å². The van der Waals surface area contributed by atoms with Crippen LogP contribution in [0.3, 0.4) is 0 Å². The van der Waals surface area contributed by atoms with Gasteiger partial charge in [0, 0.05) is 13.1 Å². The molecule has 58 heavy (non-hydrogen) atoms. The minimum absolute atomic E-state index is 0.00144. The van der Waals surface area contributed by atoms with Crippen LogP contribution < -0.4 is 0 Å². The van der Waals surface area contributed by atoms with Gasteiger partial charge in [-0.3, -0.25) is 4.90 Å². The molecule has 9 nitrogen and oxygen atoms in total. The van der Waals surface area contributed by atoms with E-state index in [2.05, 4.69) is 53.4 Å². The quantitative estimate of drug-likeness (QED) is 0.0820. The minimum atomic E-state index is -0.780. The molecular weight excluding hydrogens is 731 g/mol. The molecule has 0 N–H and O–H groups in total. The van der Waals surface area contributed by atoms with Crippen molar-refractivity contribution in [2.75, 3.05) is 26.3 Å². The standard InChI is InChI=1S/C49H61NO8/c1-49(2)57-42(29-36-17-15-16-18-36)44(58-49)41(50-27-28-50)34-55-48-47(54-33-40-25-13-6-14-26-40)46(53-32-39-23-11-5-12-24-39)45(52-31-38-21-9-4-10-22-38)43(56-48)35-51-30-37-19-7-3-8-20-37/h3-14,19-26,36,41-48H,15-18,27-35H2,1-2H3/t41-,42+,43?,44-,45?,46?,47?,48?/m0/s1. The molecule has 3 saturated heterocycles. The van der Waals surface area contributed by atoms with Crippen molar-refractivity contribution in [3.8, 4) is 0 Å². The normalized spacial score (nSPS) is 27.8. The van der Waals surface area contributed by atoms with Crippen LogP contribution in [-0.4, -0.2) is 85.9 Å². The van der Waals surface area contributed by atoms with Gasteiger partial charge in [0.25, 0.3) is 0 Å². The highest BCUT2D eigenvalue weighted by Gasteiger charge is 2.52. The first-order valence-electron chi connectivity index (χ1n) is 21.4. The van der Waals surface area contributed by atoms with Crippen molar-refractivity contribution in [1.82, 2.24) is 4.90 Å². The Morgan fingerprint density at radius 2 is 1.09 bits per heavy atom. The second-order valence-corrected chi connectivity index (χ2v) is 16.8. The molecule has 0 aromatic heterocycles. The maximum absolute atomic E-state index is 7.03. The first kappa shape index (κ1) is 41.3. The van der Waals surface area contributed by atoms with Crippen LogP contribution in [0, 0.1) is 5.92 Å². The van der Waals surface area contributed by atoms with Crippen molar-refractivity contribution in [2.45, 2.75) is 127 Å². The second kappa shape index (κ2) is 20.2. The van der Waals surface area contributed by atoms with Crippen LogP contribution >= 0.6 is 0 Å². The van der Waals surface area contributed by atoms with E-state index in [1.165, 1.54) is 25.7 Å². The van der Waals surface area contributed by atoms with Crippen molar-refractivity contribution >= 4 is 0 Å². The smallest absolute Gasteiger partial charge is 0.187 e. The highest BCUT2D eigenvalue weighted by molar-refractivity contribution is 5.16. The highest BCUT2D eigenvalue weighted by atomic mass is 16.8. The Morgan fingerprint density at radius 1 is 0.586 bits per heavy atom. The predicted octanol–water partition coefficient (Wildman–Crippen LogP) is 8.49. The van der Waals surface area contributed by atoms with Gasteiger partial charge in [0.05, 0.1) is 51.8 Å². The SMILES string of the molecule is CC1(C)O[C@@H]([C@H](COC2OC(COCc3ccccc3)C(OCc3ccccc3)C(OCc3ccccc3)C2OCc2ccccc2)N2CC2)[C@@H](CC2CCCC2)O1. The number of benzene rings is 4. The second-order valence-electron chi connectivity index (χ2n) is 16.8. The molecule has 8 atom stereocenters. The zero-order valence-electron chi connectivity index (χ0n) is 34.1. The molecular formula is C49H61NO8. The summed E-state index contributed by atoms with van der Waals surface area (Å²) in [6.45, 7) is 8.28. The summed E-state index contributed by atoms with van der Waals surface area (Å²) < 4.78 is 54.6. The summed E-state index contributed by atoms with van der Waals surface area (Å²) in [4.78, 5) is 2.44. The fraction of sp³-hybridized carbons (Fsp3) is 0.510. The van der Waals surface area contributed by atoms with Gasteiger partial charge in [0.15, 0.2) is 12.1 Å². The largest absolute Gasteiger partial charge is 0.374 e. The maximum Gasteiger partial charge on any atom is 0.187 e. The van der Waals surface area contributed by atoms with E-state index < -0.39 is 36.5 Å². The average Bonchev–Trinajstić information content (AvgIpc) is 3.87. The van der Waals surface area contributed by atoms with Crippen molar-refractivity contribution in [3.63, 3.8) is 0 Å². The van der Waals surface area contributed by atoms with Crippen LogP contribution in [0.2, 0.25) is 0 Å². The highest BCUT2D eigenvalue weighted by Crippen LogP contribution is 2.40. The van der Waals surface area contributed by atoms with E-state index in [4.69, 9.17) is 37.9 Å². The molecule has 1 saturated carbocycles. The lowest BCUT2D eigenvalue weighted by Crippen LogP contribution is -2.62. The lowest BCUT2D eigenvalue weighted by molar-refractivity contribution is -0.330. The molecule has 0 amide bonds. The van der Waals surface area contributed by atoms with Gasteiger partial charge in [-0.2, -0.15) is 0 Å². The zero-order valence-corrected chi connectivity index (χ0v) is 34.1. The Bertz CT molecular complexity index is 1770. The number of nitrogens with zero attached hydrogens (tertiary/aromatic N) is 1. The molecule has 8 rings (SSSR count). The number of hydrogen-bond acceptors (Lipinski definition) is 9. The summed E-state index contributed by atoms with van der Waals surface area (Å²) in [5.41, 5.74) is 4.25. The van der Waals surface area contributed by atoms with Crippen LogP contribution in [0.25, 0.3) is 0 Å². The third-order valence-corrected chi connectivity index (χ3v) is 11.9. The van der Waals surface area contributed by atoms with Crippen LogP contribution in [0.15, 0.2) is 121 Å². The van der Waals surface area contributed by atoms with Gasteiger partial charge < -0.3 is 37.9 Å². The van der Waals surface area contributed by atoms with Gasteiger partial charge in [-0.25, -0.2) is 0 Å². The van der Waals surface area contributed by atoms with E-state index in [0.29, 0.717) is 39.0 Å². The van der Waals surface area contributed by atoms with Crippen LogP contribution in [0.4, 0.5) is 0 Å². The number of hydrogen-bond donors (Lipinski definition) is 0. The fourth-order valence-corrected chi connectivity index (χ4v) is 8.82. The Balaban J connectivity index is 1.08. The van der Waals surface area contributed by atoms with E-state index >= 15 is 0 Å². The van der Waals surface area contributed by atoms with Gasteiger partial charge in [0.2, 0.25) is 0 Å². The Morgan fingerprint density at radius 3 is 1.62 bits per heavy atom. The van der Waals surface area contributed by atoms with E-state index in [9.17, 15) is 0 Å². The van der Waals surface area contributed by atoms with E-state index in [-0.39, 0.29) is 24.9 Å². The number of ether oxygens (including phenoxy) is 8. The first-order chi connectivity index (χ1) is 28.5. The molecule has 310 valence electrons. The predicted molar refractivity (Wildman–Crippen MR) is 222 cm³/mol. The van der Waals surface area contributed by atoms with Gasteiger partial charge >= 0.3 is 0 Å². The van der Waals surface area contributed by atoms with Crippen LogP contribution in [0.5, 0.6) is 0 Å². The van der Waals surface area contributed by atoms with Gasteiger partial charge in [-0.15, -0.1) is 0 Å². The van der Waals surface area contributed by atoms with E-state index in [1.54, 1.807) is 0 Å². The van der Waals surface area contributed by atoms with Crippen molar-refractivity contribution in [2.24, 2.45) is 5.92 Å². The van der Waals surface area contributed by atoms with Crippen LogP contribution in [-0.2, 0) is 64.3 Å². The summed E-state index contributed by atoms with van der Waals surface area (Å²) in [6, 6.07) is 40.9. The maximum atomic E-state index is 7.03. The summed E-state index contributed by atoms with van der Waals surface area (Å²) >= 11 is 0. The summed E-state index contributed by atoms with van der Waals surface area (Å²) in [5, 5.41) is 0. The Kier molecular flexibility index (Phi) is 14.4. The molecule has 1 aliphatic carbocycles. The molecule has 4 aromatic rings. The first-order valence-corrected chi connectivity index (χ1v) is 21.4. The molecule has 9 heteroatoms. The van der Waals surface area contributed by atoms with E-state index in [0.717, 1.165) is 41.8 Å². The van der Waals surface area contributed by atoms with Crippen molar-refractivity contribution in [3.05, 3.63) is 144 Å². The third-order valence-electron chi connectivity index (χ3n) is 11.9. The topological polar surface area (TPSA) is 76.9 Å². The zero-order chi connectivity index (χ0) is 39.6. The molecule has 3 aliphatic heterocycles. The fourth-order valence-electron chi connectivity index (χ4n) is 8.82. The van der Waals surface area contributed by atoms with Gasteiger partial charge in [-0.1, -0.05) is 147 Å². The molecule has 4 fully saturated rings. The summed E-state index contributed by atoms with van der Waals surface area (Å²) in [5.74, 6) is 0.0105. The molecule has 4 aromatic carbocycles. The lowest BCUT2D eigenvalue weighted by atomic mass is 9.94. The third kappa shape index (κ3) is 11.4. The average molecular weight is 792 g/mol. The van der Waals surface area contributed by atoms with Crippen molar-refractivity contribution in [1.29, 1.82) is 0 Å². The Hall–Kier alpha value is -3.48. The van der Waals surface area contributed by atoms with E-state index in [1.807, 2.05) is 86.6 Å². The van der Waals surface area contributed by atoms with Gasteiger partial charge in [-0.05, 0) is 48.4 Å². The van der Waals surface area contributed by atoms with Gasteiger partial charge in [0.1, 0.15) is 30.5 Å². The molecule has 0 spiro atoms. The molecule has 0 bridgehead atoms. The Labute approximate surface area is 344 Å². The molecule has 3 heterocycles. The number of rotatable bonds is 20. The van der Waals surface area contributed by atoms with Crippen LogP contribution in [0.1, 0.15) is 68.2 Å².